The second-order valence-corrected chi connectivity index (χ2v) is 5.96. The standard InChI is InChI=1S/C15H11IN2O3S/c16-11-5-1-3-9(7-11)13(19)18-15(22)17-12-6-2-4-10(8-12)14(20)21/h1-8H,(H,20,21)(H2,17,18,19,22). The molecule has 3 N–H and O–H groups in total. The van der Waals surface area contributed by atoms with E-state index >= 15 is 0 Å². The van der Waals surface area contributed by atoms with E-state index in [0.29, 0.717) is 11.3 Å². The Hall–Kier alpha value is -2.00. The number of carbonyl (C=O) groups excluding carboxylic acids is 1. The third kappa shape index (κ3) is 4.50. The highest BCUT2D eigenvalue weighted by Crippen LogP contribution is 2.11. The van der Waals surface area contributed by atoms with Crippen molar-refractivity contribution in [2.24, 2.45) is 0 Å². The van der Waals surface area contributed by atoms with Crippen molar-refractivity contribution >= 4 is 57.5 Å². The minimum Gasteiger partial charge on any atom is -0.478 e. The van der Waals surface area contributed by atoms with Crippen molar-refractivity contribution in [1.29, 1.82) is 0 Å². The Morgan fingerprint density at radius 3 is 2.41 bits per heavy atom. The van der Waals surface area contributed by atoms with Crippen LogP contribution in [0.15, 0.2) is 48.5 Å². The smallest absolute Gasteiger partial charge is 0.335 e. The lowest BCUT2D eigenvalue weighted by molar-refractivity contribution is 0.0696. The summed E-state index contributed by atoms with van der Waals surface area (Å²) in [6.45, 7) is 0. The first-order chi connectivity index (χ1) is 10.5. The summed E-state index contributed by atoms with van der Waals surface area (Å²) < 4.78 is 0.943. The molecule has 0 radical (unpaired) electrons. The zero-order chi connectivity index (χ0) is 16.1. The van der Waals surface area contributed by atoms with Crippen molar-refractivity contribution < 1.29 is 14.7 Å². The molecule has 112 valence electrons. The quantitative estimate of drug-likeness (QED) is 0.520. The van der Waals surface area contributed by atoms with Crippen LogP contribution < -0.4 is 10.6 Å². The van der Waals surface area contributed by atoms with Crippen LogP contribution in [0.4, 0.5) is 5.69 Å². The largest absolute Gasteiger partial charge is 0.478 e. The van der Waals surface area contributed by atoms with Gasteiger partial charge in [0.2, 0.25) is 0 Å². The number of carboxylic acid groups (broad SMARTS) is 1. The molecule has 7 heteroatoms. The van der Waals surface area contributed by atoms with Gasteiger partial charge in [0.1, 0.15) is 0 Å². The van der Waals surface area contributed by atoms with E-state index in [-0.39, 0.29) is 16.6 Å². The van der Waals surface area contributed by atoms with Crippen molar-refractivity contribution in [1.82, 2.24) is 5.32 Å². The fourth-order valence-corrected chi connectivity index (χ4v) is 2.45. The summed E-state index contributed by atoms with van der Waals surface area (Å²) in [6, 6.07) is 13.3. The third-order valence-corrected chi connectivity index (χ3v) is 3.56. The van der Waals surface area contributed by atoms with E-state index in [1.807, 2.05) is 6.07 Å². The fourth-order valence-electron chi connectivity index (χ4n) is 1.70. The first kappa shape index (κ1) is 16.4. The summed E-state index contributed by atoms with van der Waals surface area (Å²) in [5.74, 6) is -1.36. The number of thiocarbonyl (C=S) groups is 1. The topological polar surface area (TPSA) is 78.4 Å². The number of hydrogen-bond acceptors (Lipinski definition) is 3. The van der Waals surface area contributed by atoms with Crippen LogP contribution in [0.3, 0.4) is 0 Å². The van der Waals surface area contributed by atoms with E-state index in [1.54, 1.807) is 30.3 Å². The molecule has 0 bridgehead atoms. The van der Waals surface area contributed by atoms with Gasteiger partial charge in [0.25, 0.3) is 5.91 Å². The van der Waals surface area contributed by atoms with Crippen LogP contribution in [0.1, 0.15) is 20.7 Å². The number of hydrogen-bond donors (Lipinski definition) is 3. The van der Waals surface area contributed by atoms with E-state index in [0.717, 1.165) is 3.57 Å². The van der Waals surface area contributed by atoms with Gasteiger partial charge in [-0.2, -0.15) is 0 Å². The molecule has 0 aromatic heterocycles. The van der Waals surface area contributed by atoms with Crippen molar-refractivity contribution in [2.45, 2.75) is 0 Å². The molecule has 0 aliphatic heterocycles. The lowest BCUT2D eigenvalue weighted by atomic mass is 10.2. The van der Waals surface area contributed by atoms with Gasteiger partial charge in [0, 0.05) is 14.8 Å². The van der Waals surface area contributed by atoms with Gasteiger partial charge in [-0.3, -0.25) is 10.1 Å². The molecule has 0 saturated carbocycles. The number of benzene rings is 2. The Morgan fingerprint density at radius 1 is 1.05 bits per heavy atom. The second-order valence-electron chi connectivity index (χ2n) is 4.30. The number of amides is 1. The molecule has 22 heavy (non-hydrogen) atoms. The lowest BCUT2D eigenvalue weighted by Gasteiger charge is -2.10. The predicted molar refractivity (Wildman–Crippen MR) is 96.2 cm³/mol. The number of halogens is 1. The second kappa shape index (κ2) is 7.32. The van der Waals surface area contributed by atoms with E-state index in [4.69, 9.17) is 17.3 Å². The summed E-state index contributed by atoms with van der Waals surface area (Å²) >= 11 is 7.18. The van der Waals surface area contributed by atoms with Gasteiger partial charge in [0.15, 0.2) is 5.11 Å². The number of anilines is 1. The van der Waals surface area contributed by atoms with Gasteiger partial charge in [-0.15, -0.1) is 0 Å². The summed E-state index contributed by atoms with van der Waals surface area (Å²) in [6.07, 6.45) is 0. The van der Waals surface area contributed by atoms with Crippen LogP contribution in [0.2, 0.25) is 0 Å². The SMILES string of the molecule is O=C(O)c1cccc(NC(=S)NC(=O)c2cccc(I)c2)c1. The summed E-state index contributed by atoms with van der Waals surface area (Å²) in [5.41, 5.74) is 1.12. The molecule has 0 aliphatic carbocycles. The van der Waals surface area contributed by atoms with Crippen LogP contribution in [0, 0.1) is 3.57 Å². The third-order valence-electron chi connectivity index (χ3n) is 2.68. The normalized spacial score (nSPS) is 9.86. The van der Waals surface area contributed by atoms with Gasteiger partial charge >= 0.3 is 5.97 Å². The van der Waals surface area contributed by atoms with Crippen molar-refractivity contribution in [3.05, 3.63) is 63.2 Å². The molecule has 0 spiro atoms. The molecule has 2 aromatic carbocycles. The van der Waals surface area contributed by atoms with Gasteiger partial charge < -0.3 is 10.4 Å². The van der Waals surface area contributed by atoms with Gasteiger partial charge in [0.05, 0.1) is 5.56 Å². The van der Waals surface area contributed by atoms with Crippen molar-refractivity contribution in [3.8, 4) is 0 Å². The Balaban J connectivity index is 2.02. The van der Waals surface area contributed by atoms with E-state index in [2.05, 4.69) is 33.2 Å². The minimum absolute atomic E-state index is 0.103. The summed E-state index contributed by atoms with van der Waals surface area (Å²) in [5, 5.41) is 14.4. The Morgan fingerprint density at radius 2 is 1.73 bits per heavy atom. The molecular formula is C15H11IN2O3S. The molecule has 1 amide bonds. The molecule has 0 saturated heterocycles. The maximum Gasteiger partial charge on any atom is 0.335 e. The van der Waals surface area contributed by atoms with Gasteiger partial charge in [-0.1, -0.05) is 12.1 Å². The molecule has 0 fully saturated rings. The molecule has 0 unspecified atom stereocenters. The highest BCUT2D eigenvalue weighted by Gasteiger charge is 2.09. The zero-order valence-corrected chi connectivity index (χ0v) is 14.1. The first-order valence-corrected chi connectivity index (χ1v) is 7.65. The number of carboxylic acids is 1. The van der Waals surface area contributed by atoms with Crippen LogP contribution in [-0.4, -0.2) is 22.1 Å². The maximum atomic E-state index is 12.0. The van der Waals surface area contributed by atoms with E-state index in [1.165, 1.54) is 12.1 Å². The minimum atomic E-state index is -1.03. The molecule has 5 nitrogen and oxygen atoms in total. The van der Waals surface area contributed by atoms with E-state index < -0.39 is 5.97 Å². The monoisotopic (exact) mass is 426 g/mol. The van der Waals surface area contributed by atoms with Gasteiger partial charge in [-0.25, -0.2) is 4.79 Å². The Bertz CT molecular complexity index is 749. The number of carbonyl (C=O) groups is 2. The Labute approximate surface area is 145 Å². The molecule has 2 aromatic rings. The number of aromatic carboxylic acids is 1. The first-order valence-electron chi connectivity index (χ1n) is 6.17. The molecule has 2 rings (SSSR count). The van der Waals surface area contributed by atoms with Gasteiger partial charge in [-0.05, 0) is 71.2 Å². The van der Waals surface area contributed by atoms with Crippen LogP contribution in [0.5, 0.6) is 0 Å². The number of rotatable bonds is 3. The summed E-state index contributed by atoms with van der Waals surface area (Å²) in [7, 11) is 0. The van der Waals surface area contributed by atoms with Crippen molar-refractivity contribution in [2.75, 3.05) is 5.32 Å². The van der Waals surface area contributed by atoms with Crippen LogP contribution in [-0.2, 0) is 0 Å². The predicted octanol–water partition coefficient (Wildman–Crippen LogP) is 3.12. The molecular weight excluding hydrogens is 415 g/mol. The van der Waals surface area contributed by atoms with Crippen LogP contribution >= 0.6 is 34.8 Å². The average Bonchev–Trinajstić information content (AvgIpc) is 2.47. The Kier molecular flexibility index (Phi) is 5.45. The zero-order valence-electron chi connectivity index (χ0n) is 11.2. The van der Waals surface area contributed by atoms with E-state index in [9.17, 15) is 9.59 Å². The number of nitrogens with one attached hydrogen (secondary N) is 2. The van der Waals surface area contributed by atoms with Crippen molar-refractivity contribution in [3.63, 3.8) is 0 Å². The lowest BCUT2D eigenvalue weighted by Crippen LogP contribution is -2.34. The summed E-state index contributed by atoms with van der Waals surface area (Å²) in [4.78, 5) is 22.9. The molecule has 0 aliphatic rings. The highest BCUT2D eigenvalue weighted by atomic mass is 127. The van der Waals surface area contributed by atoms with Crippen LogP contribution in [0.25, 0.3) is 0 Å². The average molecular weight is 426 g/mol. The maximum absolute atomic E-state index is 12.0. The highest BCUT2D eigenvalue weighted by molar-refractivity contribution is 14.1. The molecule has 0 heterocycles. The fraction of sp³-hybridized carbons (Fsp3) is 0. The molecule has 0 atom stereocenters.